The first-order chi connectivity index (χ1) is 10.4. The first kappa shape index (κ1) is 13.4. The van der Waals surface area contributed by atoms with E-state index in [9.17, 15) is 0 Å². The molecule has 118 valence electrons. The van der Waals surface area contributed by atoms with Crippen molar-refractivity contribution in [2.45, 2.75) is 83.5 Å². The van der Waals surface area contributed by atoms with Crippen LogP contribution in [0.2, 0.25) is 0 Å². The van der Waals surface area contributed by atoms with Crippen molar-refractivity contribution in [2.75, 3.05) is 0 Å². The number of rotatable bonds is 0. The zero-order valence-corrected chi connectivity index (χ0v) is 13.8. The Bertz CT molecular complexity index is 385. The Kier molecular flexibility index (Phi) is 3.38. The Labute approximate surface area is 131 Å². The molecule has 0 aromatic rings. The second-order valence-corrected chi connectivity index (χ2v) is 9.56. The zero-order chi connectivity index (χ0) is 13.8. The molecule has 5 rings (SSSR count). The van der Waals surface area contributed by atoms with Gasteiger partial charge in [-0.15, -0.1) is 0 Å². The van der Waals surface area contributed by atoms with E-state index in [2.05, 4.69) is 0 Å². The maximum Gasteiger partial charge on any atom is -0.0324 e. The van der Waals surface area contributed by atoms with Crippen LogP contribution in [0.3, 0.4) is 0 Å². The molecule has 0 radical (unpaired) electrons. The van der Waals surface area contributed by atoms with Crippen molar-refractivity contribution < 1.29 is 0 Å². The molecule has 5 fully saturated rings. The van der Waals surface area contributed by atoms with Crippen LogP contribution in [0.4, 0.5) is 0 Å². The highest BCUT2D eigenvalue weighted by atomic mass is 14.6. The fourth-order valence-electron chi connectivity index (χ4n) is 8.15. The Balaban J connectivity index is 1.39. The Morgan fingerprint density at radius 1 is 0.381 bits per heavy atom. The predicted octanol–water partition coefficient (Wildman–Crippen LogP) is 6.06. The van der Waals surface area contributed by atoms with Gasteiger partial charge in [0.05, 0.1) is 0 Å². The van der Waals surface area contributed by atoms with Crippen molar-refractivity contribution in [1.82, 2.24) is 0 Å². The van der Waals surface area contributed by atoms with Crippen LogP contribution in [-0.4, -0.2) is 0 Å². The highest BCUT2D eigenvalue weighted by Crippen LogP contribution is 2.62. The van der Waals surface area contributed by atoms with Gasteiger partial charge in [-0.25, -0.2) is 0 Å². The van der Waals surface area contributed by atoms with Crippen molar-refractivity contribution in [3.05, 3.63) is 0 Å². The first-order valence-electron chi connectivity index (χ1n) is 10.4. The molecule has 0 aromatic heterocycles. The van der Waals surface area contributed by atoms with Crippen molar-refractivity contribution in [3.8, 4) is 0 Å². The monoisotopic (exact) mass is 286 g/mol. The average Bonchev–Trinajstić information content (AvgIpc) is 2.92. The molecule has 5 aliphatic rings. The minimum Gasteiger partial charge on any atom is -0.0530 e. The lowest BCUT2D eigenvalue weighted by Gasteiger charge is -2.51. The summed E-state index contributed by atoms with van der Waals surface area (Å²) in [6, 6.07) is 0. The van der Waals surface area contributed by atoms with Gasteiger partial charge >= 0.3 is 0 Å². The normalized spacial score (nSPS) is 56.0. The van der Waals surface area contributed by atoms with Gasteiger partial charge in [-0.05, 0) is 85.9 Å². The van der Waals surface area contributed by atoms with Crippen LogP contribution in [-0.2, 0) is 0 Å². The summed E-state index contributed by atoms with van der Waals surface area (Å²) in [4.78, 5) is 0. The lowest BCUT2D eigenvalue weighted by Crippen LogP contribution is -2.43. The first-order valence-corrected chi connectivity index (χ1v) is 10.4. The van der Waals surface area contributed by atoms with Gasteiger partial charge < -0.3 is 0 Å². The van der Waals surface area contributed by atoms with Crippen molar-refractivity contribution in [3.63, 3.8) is 0 Å². The van der Waals surface area contributed by atoms with E-state index in [1.807, 2.05) is 0 Å². The summed E-state index contributed by atoms with van der Waals surface area (Å²) >= 11 is 0. The van der Waals surface area contributed by atoms with Crippen LogP contribution in [0.15, 0.2) is 0 Å². The third kappa shape index (κ3) is 2.14. The molecule has 5 aliphatic carbocycles. The van der Waals surface area contributed by atoms with Gasteiger partial charge in [0, 0.05) is 0 Å². The van der Waals surface area contributed by atoms with Crippen molar-refractivity contribution >= 4 is 0 Å². The van der Waals surface area contributed by atoms with Crippen molar-refractivity contribution in [1.29, 1.82) is 0 Å². The molecule has 0 bridgehead atoms. The van der Waals surface area contributed by atoms with E-state index in [1.54, 1.807) is 83.5 Å². The molecule has 5 saturated carbocycles. The summed E-state index contributed by atoms with van der Waals surface area (Å²) in [7, 11) is 0. The van der Waals surface area contributed by atoms with Gasteiger partial charge in [0.1, 0.15) is 0 Å². The summed E-state index contributed by atoms with van der Waals surface area (Å²) in [5.74, 6) is 9.34. The SMILES string of the molecule is C1CCC2CC3C(CCC4CC5CCCCC5C43)CC2C1. The summed E-state index contributed by atoms with van der Waals surface area (Å²) in [6.07, 6.45) is 20.8. The summed E-state index contributed by atoms with van der Waals surface area (Å²) in [5, 5.41) is 0. The maximum atomic E-state index is 1.67. The van der Waals surface area contributed by atoms with E-state index >= 15 is 0 Å². The molecule has 0 nitrogen and oxygen atoms in total. The zero-order valence-electron chi connectivity index (χ0n) is 13.8. The molecular formula is C21H34. The van der Waals surface area contributed by atoms with E-state index in [4.69, 9.17) is 0 Å². The smallest absolute Gasteiger partial charge is 0.0324 e. The van der Waals surface area contributed by atoms with E-state index in [0.717, 1.165) is 23.7 Å². The standard InChI is InChI=1S/C21H34/c1-2-6-15-13-20-17(11-14(15)5-1)9-10-18-12-16-7-3-4-8-19(16)21(18)20/h14-21H,1-13H2. The molecule has 8 unspecified atom stereocenters. The third-order valence-electron chi connectivity index (χ3n) is 8.87. The molecule has 0 N–H and O–H groups in total. The molecule has 21 heavy (non-hydrogen) atoms. The quantitative estimate of drug-likeness (QED) is 0.508. The molecule has 0 aliphatic heterocycles. The van der Waals surface area contributed by atoms with Crippen LogP contribution < -0.4 is 0 Å². The second-order valence-electron chi connectivity index (χ2n) is 9.56. The Morgan fingerprint density at radius 2 is 0.952 bits per heavy atom. The van der Waals surface area contributed by atoms with Crippen LogP contribution >= 0.6 is 0 Å². The lowest BCUT2D eigenvalue weighted by molar-refractivity contribution is -0.0182. The maximum absolute atomic E-state index is 1.67. The highest BCUT2D eigenvalue weighted by Gasteiger charge is 2.53. The largest absolute Gasteiger partial charge is 0.0530 e. The summed E-state index contributed by atoms with van der Waals surface area (Å²) in [5.41, 5.74) is 0. The highest BCUT2D eigenvalue weighted by molar-refractivity contribution is 5.02. The van der Waals surface area contributed by atoms with Gasteiger partial charge in [0.25, 0.3) is 0 Å². The van der Waals surface area contributed by atoms with Crippen LogP contribution in [0.5, 0.6) is 0 Å². The van der Waals surface area contributed by atoms with E-state index < -0.39 is 0 Å². The van der Waals surface area contributed by atoms with Gasteiger partial charge in [-0.1, -0.05) is 44.9 Å². The van der Waals surface area contributed by atoms with E-state index in [-0.39, 0.29) is 0 Å². The molecule has 0 amide bonds. The molecule has 0 saturated heterocycles. The van der Waals surface area contributed by atoms with Gasteiger partial charge in [0.15, 0.2) is 0 Å². The molecule has 0 aromatic carbocycles. The summed E-state index contributed by atoms with van der Waals surface area (Å²) in [6.45, 7) is 0. The summed E-state index contributed by atoms with van der Waals surface area (Å²) < 4.78 is 0. The molecule has 0 heterocycles. The minimum atomic E-state index is 1.15. The van der Waals surface area contributed by atoms with Crippen LogP contribution in [0, 0.1) is 47.3 Å². The number of hydrogen-bond donors (Lipinski definition) is 0. The Morgan fingerprint density at radius 3 is 1.81 bits per heavy atom. The molecule has 0 heteroatoms. The van der Waals surface area contributed by atoms with Gasteiger partial charge in [0.2, 0.25) is 0 Å². The fraction of sp³-hybridized carbons (Fsp3) is 1.00. The molecule has 8 atom stereocenters. The molecular weight excluding hydrogens is 252 g/mol. The van der Waals surface area contributed by atoms with E-state index in [1.165, 1.54) is 23.7 Å². The Hall–Kier alpha value is 0. The fourth-order valence-corrected chi connectivity index (χ4v) is 8.15. The topological polar surface area (TPSA) is 0 Å². The minimum absolute atomic E-state index is 1.15. The third-order valence-corrected chi connectivity index (χ3v) is 8.87. The van der Waals surface area contributed by atoms with E-state index in [0.29, 0.717) is 0 Å². The lowest BCUT2D eigenvalue weighted by atomic mass is 9.54. The van der Waals surface area contributed by atoms with Crippen LogP contribution in [0.25, 0.3) is 0 Å². The number of fused-ring (bicyclic) bond motifs is 6. The number of hydrogen-bond acceptors (Lipinski definition) is 0. The van der Waals surface area contributed by atoms with Crippen LogP contribution in [0.1, 0.15) is 83.5 Å². The molecule has 0 spiro atoms. The van der Waals surface area contributed by atoms with Crippen molar-refractivity contribution in [2.24, 2.45) is 47.3 Å². The van der Waals surface area contributed by atoms with Gasteiger partial charge in [-0.3, -0.25) is 0 Å². The predicted molar refractivity (Wildman–Crippen MR) is 87.9 cm³/mol. The average molecular weight is 287 g/mol. The van der Waals surface area contributed by atoms with Gasteiger partial charge in [-0.2, -0.15) is 0 Å². The second kappa shape index (κ2) is 5.27.